The van der Waals surface area contributed by atoms with Gasteiger partial charge in [-0.25, -0.2) is 15.0 Å². The highest BCUT2D eigenvalue weighted by atomic mass is 16.1. The summed E-state index contributed by atoms with van der Waals surface area (Å²) in [7, 11) is 0. The third-order valence-electron chi connectivity index (χ3n) is 3.08. The number of hydrogen-bond acceptors (Lipinski definition) is 5. The molecule has 0 fully saturated rings. The predicted octanol–water partition coefficient (Wildman–Crippen LogP) is 1.28. The highest BCUT2D eigenvalue weighted by molar-refractivity contribution is 5.89. The molecule has 0 unspecified atom stereocenters. The fraction of sp³-hybridized carbons (Fsp3) is 0.133. The average Bonchev–Trinajstić information content (AvgIpc) is 2.54. The minimum absolute atomic E-state index is 0.132. The van der Waals surface area contributed by atoms with E-state index in [0.717, 1.165) is 0 Å². The lowest BCUT2D eigenvalue weighted by Crippen LogP contribution is -2.19. The van der Waals surface area contributed by atoms with Crippen LogP contribution in [0.25, 0.3) is 11.0 Å². The molecule has 0 spiro atoms. The van der Waals surface area contributed by atoms with E-state index in [4.69, 9.17) is 0 Å². The molecule has 0 bridgehead atoms. The van der Waals surface area contributed by atoms with Crippen molar-refractivity contribution in [1.82, 2.24) is 19.9 Å². The van der Waals surface area contributed by atoms with Crippen molar-refractivity contribution in [3.8, 4) is 0 Å². The van der Waals surface area contributed by atoms with Gasteiger partial charge < -0.3 is 4.98 Å². The van der Waals surface area contributed by atoms with Crippen LogP contribution in [0.15, 0.2) is 47.5 Å². The number of H-pyrrole nitrogens is 1. The highest BCUT2D eigenvalue weighted by Crippen LogP contribution is 2.07. The number of benzene rings is 1. The molecule has 22 heavy (non-hydrogen) atoms. The van der Waals surface area contributed by atoms with Gasteiger partial charge in [0.05, 0.1) is 11.0 Å². The number of aromatic nitrogens is 4. The van der Waals surface area contributed by atoms with E-state index in [9.17, 15) is 9.59 Å². The van der Waals surface area contributed by atoms with Crippen molar-refractivity contribution in [1.29, 1.82) is 0 Å². The van der Waals surface area contributed by atoms with E-state index in [0.29, 0.717) is 16.7 Å². The number of rotatable bonds is 4. The van der Waals surface area contributed by atoms with Gasteiger partial charge in [0, 0.05) is 25.2 Å². The van der Waals surface area contributed by atoms with Crippen molar-refractivity contribution < 1.29 is 4.79 Å². The minimum Gasteiger partial charge on any atom is -0.319 e. The molecule has 0 aliphatic carbocycles. The second kappa shape index (κ2) is 6.13. The number of carbonyl (C=O) groups excluding carboxylic acids is 1. The average molecular weight is 295 g/mol. The Balaban J connectivity index is 1.70. The number of amides is 1. The van der Waals surface area contributed by atoms with Gasteiger partial charge in [-0.1, -0.05) is 12.1 Å². The van der Waals surface area contributed by atoms with E-state index in [1.807, 2.05) is 18.2 Å². The van der Waals surface area contributed by atoms with Crippen LogP contribution in [0.3, 0.4) is 0 Å². The Morgan fingerprint density at radius 1 is 1.14 bits per heavy atom. The van der Waals surface area contributed by atoms with Crippen LogP contribution in [-0.4, -0.2) is 25.8 Å². The molecular formula is C15H13N5O2. The molecule has 0 aliphatic rings. The normalized spacial score (nSPS) is 10.5. The van der Waals surface area contributed by atoms with Crippen molar-refractivity contribution >= 4 is 22.9 Å². The zero-order valence-electron chi connectivity index (χ0n) is 11.6. The summed E-state index contributed by atoms with van der Waals surface area (Å²) in [5, 5.41) is 2.57. The Labute approximate surface area is 125 Å². The van der Waals surface area contributed by atoms with Crippen molar-refractivity contribution in [2.45, 2.75) is 12.8 Å². The predicted molar refractivity (Wildman–Crippen MR) is 81.3 cm³/mol. The summed E-state index contributed by atoms with van der Waals surface area (Å²) in [6, 6.07) is 8.93. The van der Waals surface area contributed by atoms with Gasteiger partial charge in [0.2, 0.25) is 11.9 Å². The molecule has 7 heteroatoms. The summed E-state index contributed by atoms with van der Waals surface area (Å²) in [4.78, 5) is 38.6. The molecule has 3 rings (SSSR count). The summed E-state index contributed by atoms with van der Waals surface area (Å²) < 4.78 is 0. The van der Waals surface area contributed by atoms with Gasteiger partial charge in [-0.15, -0.1) is 0 Å². The molecule has 1 amide bonds. The molecule has 0 aliphatic heterocycles. The molecule has 1 aromatic carbocycles. The van der Waals surface area contributed by atoms with Crippen LogP contribution in [0.2, 0.25) is 0 Å². The Bertz CT molecular complexity index is 860. The number of fused-ring (bicyclic) bond motifs is 1. The topological polar surface area (TPSA) is 101 Å². The quantitative estimate of drug-likeness (QED) is 0.755. The van der Waals surface area contributed by atoms with Crippen molar-refractivity contribution in [2.24, 2.45) is 0 Å². The molecule has 0 radical (unpaired) electrons. The first kappa shape index (κ1) is 13.9. The lowest BCUT2D eigenvalue weighted by atomic mass is 10.2. The molecule has 2 aromatic heterocycles. The van der Waals surface area contributed by atoms with Crippen LogP contribution in [0.4, 0.5) is 5.95 Å². The number of nitrogens with zero attached hydrogens (tertiary/aromatic N) is 3. The zero-order chi connectivity index (χ0) is 15.4. The first-order chi connectivity index (χ1) is 10.7. The molecule has 3 aromatic rings. The summed E-state index contributed by atoms with van der Waals surface area (Å²) in [5.74, 6) is -0.0200. The van der Waals surface area contributed by atoms with Gasteiger partial charge in [-0.2, -0.15) is 0 Å². The second-order valence-corrected chi connectivity index (χ2v) is 4.65. The van der Waals surface area contributed by atoms with Gasteiger partial charge in [-0.05, 0) is 18.2 Å². The number of nitrogens with one attached hydrogen (secondary N) is 2. The van der Waals surface area contributed by atoms with E-state index in [2.05, 4.69) is 25.3 Å². The van der Waals surface area contributed by atoms with E-state index >= 15 is 0 Å². The fourth-order valence-electron chi connectivity index (χ4n) is 2.02. The maximum atomic E-state index is 11.9. The maximum Gasteiger partial charge on any atom is 0.270 e. The van der Waals surface area contributed by atoms with Gasteiger partial charge in [0.25, 0.3) is 5.56 Å². The van der Waals surface area contributed by atoms with E-state index < -0.39 is 0 Å². The zero-order valence-corrected chi connectivity index (χ0v) is 11.6. The maximum absolute atomic E-state index is 11.9. The van der Waals surface area contributed by atoms with E-state index in [1.54, 1.807) is 12.1 Å². The Kier molecular flexibility index (Phi) is 3.86. The van der Waals surface area contributed by atoms with Gasteiger partial charge in [0.15, 0.2) is 0 Å². The Hall–Kier alpha value is -3.09. The molecule has 110 valence electrons. The van der Waals surface area contributed by atoms with Crippen LogP contribution in [0, 0.1) is 0 Å². The standard InChI is InChI=1S/C15H13N5O2/c21-13(20-15-16-8-3-9-17-15)7-6-12-14(22)19-11-5-2-1-4-10(11)18-12/h1-5,8-9H,6-7H2,(H,19,22)(H,16,17,20,21). The molecule has 2 heterocycles. The van der Waals surface area contributed by atoms with Gasteiger partial charge in [-0.3, -0.25) is 14.9 Å². The van der Waals surface area contributed by atoms with E-state index in [-0.39, 0.29) is 30.3 Å². The third kappa shape index (κ3) is 3.14. The minimum atomic E-state index is -0.275. The summed E-state index contributed by atoms with van der Waals surface area (Å²) in [6.07, 6.45) is 3.46. The van der Waals surface area contributed by atoms with Crippen LogP contribution in [-0.2, 0) is 11.2 Å². The van der Waals surface area contributed by atoms with Crippen molar-refractivity contribution in [3.05, 3.63) is 58.8 Å². The lowest BCUT2D eigenvalue weighted by molar-refractivity contribution is -0.116. The number of carbonyl (C=O) groups is 1. The lowest BCUT2D eigenvalue weighted by Gasteiger charge is -2.04. The molecule has 7 nitrogen and oxygen atoms in total. The van der Waals surface area contributed by atoms with E-state index in [1.165, 1.54) is 12.4 Å². The smallest absolute Gasteiger partial charge is 0.270 e. The molecule has 0 saturated heterocycles. The third-order valence-corrected chi connectivity index (χ3v) is 3.08. The first-order valence-corrected chi connectivity index (χ1v) is 6.77. The van der Waals surface area contributed by atoms with Crippen LogP contribution in [0.1, 0.15) is 12.1 Å². The molecular weight excluding hydrogens is 282 g/mol. The largest absolute Gasteiger partial charge is 0.319 e. The number of para-hydroxylation sites is 2. The fourth-order valence-corrected chi connectivity index (χ4v) is 2.02. The second-order valence-electron chi connectivity index (χ2n) is 4.65. The molecule has 0 saturated carbocycles. The monoisotopic (exact) mass is 295 g/mol. The number of anilines is 1. The number of aryl methyl sites for hydroxylation is 1. The SMILES string of the molecule is O=C(CCc1nc2ccccc2[nH]c1=O)Nc1ncccn1. The molecule has 0 atom stereocenters. The number of hydrogen-bond donors (Lipinski definition) is 2. The molecule has 2 N–H and O–H groups in total. The first-order valence-electron chi connectivity index (χ1n) is 6.77. The highest BCUT2D eigenvalue weighted by Gasteiger charge is 2.09. The van der Waals surface area contributed by atoms with Gasteiger partial charge >= 0.3 is 0 Å². The van der Waals surface area contributed by atoms with Gasteiger partial charge in [0.1, 0.15) is 5.69 Å². The summed E-state index contributed by atoms with van der Waals surface area (Å²) >= 11 is 0. The Morgan fingerprint density at radius 3 is 2.73 bits per heavy atom. The van der Waals surface area contributed by atoms with Crippen LogP contribution >= 0.6 is 0 Å². The van der Waals surface area contributed by atoms with Crippen molar-refractivity contribution in [3.63, 3.8) is 0 Å². The summed E-state index contributed by atoms with van der Waals surface area (Å²) in [5.41, 5.74) is 1.44. The van der Waals surface area contributed by atoms with Crippen LogP contribution < -0.4 is 10.9 Å². The van der Waals surface area contributed by atoms with Crippen molar-refractivity contribution in [2.75, 3.05) is 5.32 Å². The Morgan fingerprint density at radius 2 is 1.91 bits per heavy atom. The number of aromatic amines is 1. The van der Waals surface area contributed by atoms with Crippen LogP contribution in [0.5, 0.6) is 0 Å². The summed E-state index contributed by atoms with van der Waals surface area (Å²) in [6.45, 7) is 0.